The molecule has 0 aliphatic heterocycles. The van der Waals surface area contributed by atoms with Crippen molar-refractivity contribution in [3.05, 3.63) is 53.1 Å². The van der Waals surface area contributed by atoms with E-state index in [1.807, 2.05) is 26.1 Å². The van der Waals surface area contributed by atoms with Crippen molar-refractivity contribution < 1.29 is 14.3 Å². The predicted molar refractivity (Wildman–Crippen MR) is 111 cm³/mol. The molecule has 4 nitrogen and oxygen atoms in total. The first kappa shape index (κ1) is 20.7. The maximum absolute atomic E-state index is 12.1. The largest absolute Gasteiger partial charge is 0.493 e. The molecule has 0 aliphatic carbocycles. The number of benzene rings is 2. The zero-order valence-electron chi connectivity index (χ0n) is 17.1. The minimum Gasteiger partial charge on any atom is -0.493 e. The summed E-state index contributed by atoms with van der Waals surface area (Å²) in [6, 6.07) is 11.9. The van der Waals surface area contributed by atoms with Crippen molar-refractivity contribution >= 4 is 17.7 Å². The summed E-state index contributed by atoms with van der Waals surface area (Å²) in [4.78, 5) is 16.7. The van der Waals surface area contributed by atoms with Crippen LogP contribution in [0.25, 0.3) is 0 Å². The molecule has 0 saturated carbocycles. The molecule has 4 heteroatoms. The first-order valence-corrected chi connectivity index (χ1v) is 9.30. The smallest absolute Gasteiger partial charge is 0.163 e. The Balaban J connectivity index is 2.30. The zero-order chi connectivity index (χ0) is 20.0. The van der Waals surface area contributed by atoms with Crippen LogP contribution >= 0.6 is 0 Å². The third-order valence-corrected chi connectivity index (χ3v) is 4.30. The number of hydrogen-bond donors (Lipinski definition) is 0. The Morgan fingerprint density at radius 3 is 2.44 bits per heavy atom. The highest BCUT2D eigenvalue weighted by Crippen LogP contribution is 2.36. The Morgan fingerprint density at radius 1 is 1.15 bits per heavy atom. The van der Waals surface area contributed by atoms with E-state index in [2.05, 4.69) is 37.0 Å². The molecule has 0 fully saturated rings. The van der Waals surface area contributed by atoms with Crippen LogP contribution < -0.4 is 9.47 Å². The molecule has 0 N–H and O–H groups in total. The summed E-state index contributed by atoms with van der Waals surface area (Å²) in [5, 5.41) is 0. The second-order valence-electron chi connectivity index (χ2n) is 7.13. The lowest BCUT2D eigenvalue weighted by atomic mass is 9.98. The lowest BCUT2D eigenvalue weighted by Crippen LogP contribution is -2.08. The molecule has 1 unspecified atom stereocenters. The molecular formula is C23H29NO3. The normalized spacial score (nSPS) is 12.4. The van der Waals surface area contributed by atoms with Gasteiger partial charge in [0.1, 0.15) is 0 Å². The zero-order valence-corrected chi connectivity index (χ0v) is 17.1. The number of Topliss-reactive ketones (excluding diaryl/α,β-unsaturated/α-hetero) is 1. The molecule has 2 aromatic carbocycles. The quantitative estimate of drug-likeness (QED) is 0.452. The van der Waals surface area contributed by atoms with Crippen LogP contribution in [0.1, 0.15) is 49.2 Å². The Morgan fingerprint density at radius 2 is 1.85 bits per heavy atom. The number of ketones is 1. The molecule has 0 heterocycles. The van der Waals surface area contributed by atoms with Crippen LogP contribution in [-0.4, -0.2) is 25.2 Å². The van der Waals surface area contributed by atoms with Crippen molar-refractivity contribution in [3.8, 4) is 11.5 Å². The molecule has 0 aromatic heterocycles. The standard InChI is InChI=1S/C23H29NO3/c1-15(2)27-23-13-21(20(18(5)25)12-22(23)26-6)24-14-16(3)11-19-10-8-7-9-17(19)4/h7-10,12-16H,11H2,1-6H3. The summed E-state index contributed by atoms with van der Waals surface area (Å²) in [6.07, 6.45) is 2.80. The molecule has 0 bridgehead atoms. The molecule has 0 saturated heterocycles. The summed E-state index contributed by atoms with van der Waals surface area (Å²) in [6.45, 7) is 9.68. The fraction of sp³-hybridized carbons (Fsp3) is 0.391. The number of carbonyl (C=O) groups is 1. The van der Waals surface area contributed by atoms with E-state index in [-0.39, 0.29) is 17.8 Å². The number of rotatable bonds is 8. The van der Waals surface area contributed by atoms with E-state index in [4.69, 9.17) is 9.47 Å². The molecule has 2 rings (SSSR count). The lowest BCUT2D eigenvalue weighted by molar-refractivity contribution is 0.101. The number of hydrogen-bond acceptors (Lipinski definition) is 4. The maximum Gasteiger partial charge on any atom is 0.163 e. The Hall–Kier alpha value is -2.62. The van der Waals surface area contributed by atoms with Gasteiger partial charge in [-0.25, -0.2) is 0 Å². The molecule has 0 aliphatic rings. The van der Waals surface area contributed by atoms with Crippen molar-refractivity contribution in [2.24, 2.45) is 10.9 Å². The average Bonchev–Trinajstić information content (AvgIpc) is 2.61. The molecule has 2 aromatic rings. The van der Waals surface area contributed by atoms with Crippen molar-refractivity contribution in [1.82, 2.24) is 0 Å². The highest BCUT2D eigenvalue weighted by atomic mass is 16.5. The highest BCUT2D eigenvalue weighted by molar-refractivity contribution is 6.00. The van der Waals surface area contributed by atoms with Gasteiger partial charge in [0.05, 0.1) is 18.9 Å². The molecule has 0 spiro atoms. The predicted octanol–water partition coefficient (Wildman–Crippen LogP) is 5.57. The van der Waals surface area contributed by atoms with E-state index < -0.39 is 0 Å². The van der Waals surface area contributed by atoms with Crippen LogP contribution in [0.3, 0.4) is 0 Å². The van der Waals surface area contributed by atoms with Gasteiger partial charge in [0.15, 0.2) is 17.3 Å². The van der Waals surface area contributed by atoms with Gasteiger partial charge in [-0.1, -0.05) is 31.2 Å². The van der Waals surface area contributed by atoms with Crippen LogP contribution in [0.5, 0.6) is 11.5 Å². The number of aryl methyl sites for hydroxylation is 1. The Bertz CT molecular complexity index is 824. The van der Waals surface area contributed by atoms with Crippen molar-refractivity contribution in [1.29, 1.82) is 0 Å². The molecule has 0 amide bonds. The van der Waals surface area contributed by atoms with Gasteiger partial charge in [0.25, 0.3) is 0 Å². The Kier molecular flexibility index (Phi) is 7.17. The molecule has 27 heavy (non-hydrogen) atoms. The molecular weight excluding hydrogens is 338 g/mol. The van der Waals surface area contributed by atoms with Crippen LogP contribution in [0.2, 0.25) is 0 Å². The number of methoxy groups -OCH3 is 1. The molecule has 144 valence electrons. The minimum atomic E-state index is -0.0527. The monoisotopic (exact) mass is 367 g/mol. The number of aliphatic imine (C=N–C) groups is 1. The number of nitrogens with zero attached hydrogens (tertiary/aromatic N) is 1. The minimum absolute atomic E-state index is 0.00103. The lowest BCUT2D eigenvalue weighted by Gasteiger charge is -2.16. The van der Waals surface area contributed by atoms with Crippen LogP contribution in [0.15, 0.2) is 41.4 Å². The van der Waals surface area contributed by atoms with Gasteiger partial charge in [0, 0.05) is 17.8 Å². The van der Waals surface area contributed by atoms with Gasteiger partial charge >= 0.3 is 0 Å². The summed E-state index contributed by atoms with van der Waals surface area (Å²) in [5.41, 5.74) is 3.72. The van der Waals surface area contributed by atoms with Crippen molar-refractivity contribution in [2.45, 2.75) is 47.1 Å². The maximum atomic E-state index is 12.1. The van der Waals surface area contributed by atoms with E-state index in [0.717, 1.165) is 6.42 Å². The van der Waals surface area contributed by atoms with Gasteiger partial charge in [-0.05, 0) is 57.2 Å². The second-order valence-corrected chi connectivity index (χ2v) is 7.13. The average molecular weight is 367 g/mol. The van der Waals surface area contributed by atoms with E-state index in [1.165, 1.54) is 18.1 Å². The SMILES string of the molecule is COc1cc(C(C)=O)c(N=CC(C)Cc2ccccc2C)cc1OC(C)C. The molecule has 0 radical (unpaired) electrons. The number of ether oxygens (including phenoxy) is 2. The van der Waals surface area contributed by atoms with Crippen molar-refractivity contribution in [2.75, 3.05) is 7.11 Å². The van der Waals surface area contributed by atoms with Gasteiger partial charge in [0.2, 0.25) is 0 Å². The molecule has 1 atom stereocenters. The fourth-order valence-corrected chi connectivity index (χ4v) is 2.89. The summed E-state index contributed by atoms with van der Waals surface area (Å²) < 4.78 is 11.2. The van der Waals surface area contributed by atoms with E-state index in [0.29, 0.717) is 22.7 Å². The highest BCUT2D eigenvalue weighted by Gasteiger charge is 2.15. The van der Waals surface area contributed by atoms with Crippen LogP contribution in [-0.2, 0) is 6.42 Å². The summed E-state index contributed by atoms with van der Waals surface area (Å²) in [7, 11) is 1.57. The fourth-order valence-electron chi connectivity index (χ4n) is 2.89. The first-order chi connectivity index (χ1) is 12.8. The summed E-state index contributed by atoms with van der Waals surface area (Å²) >= 11 is 0. The van der Waals surface area contributed by atoms with Crippen molar-refractivity contribution in [3.63, 3.8) is 0 Å². The van der Waals surface area contributed by atoms with E-state index in [9.17, 15) is 4.79 Å². The van der Waals surface area contributed by atoms with Gasteiger partial charge in [-0.15, -0.1) is 0 Å². The van der Waals surface area contributed by atoms with E-state index >= 15 is 0 Å². The van der Waals surface area contributed by atoms with Crippen LogP contribution in [0, 0.1) is 12.8 Å². The second kappa shape index (κ2) is 9.36. The number of carbonyl (C=O) groups excluding carboxylic acids is 1. The van der Waals surface area contributed by atoms with Gasteiger partial charge in [-0.2, -0.15) is 0 Å². The third kappa shape index (κ3) is 5.68. The first-order valence-electron chi connectivity index (χ1n) is 9.30. The van der Waals surface area contributed by atoms with Gasteiger partial charge < -0.3 is 9.47 Å². The van der Waals surface area contributed by atoms with Gasteiger partial charge in [-0.3, -0.25) is 9.79 Å². The Labute approximate surface area is 162 Å². The third-order valence-electron chi connectivity index (χ3n) is 4.30. The van der Waals surface area contributed by atoms with E-state index in [1.54, 1.807) is 19.2 Å². The summed E-state index contributed by atoms with van der Waals surface area (Å²) in [5.74, 6) is 1.32. The topological polar surface area (TPSA) is 47.9 Å². The van der Waals surface area contributed by atoms with Crippen LogP contribution in [0.4, 0.5) is 5.69 Å².